The van der Waals surface area contributed by atoms with E-state index in [1.165, 1.54) is 5.69 Å². The van der Waals surface area contributed by atoms with E-state index in [4.69, 9.17) is 5.73 Å². The molecule has 0 aliphatic carbocycles. The molecule has 2 rings (SSSR count). The molecular weight excluding hydrogens is 262 g/mol. The highest BCUT2D eigenvalue weighted by molar-refractivity contribution is 5.82. The van der Waals surface area contributed by atoms with Gasteiger partial charge in [0.2, 0.25) is 5.91 Å². The Hall–Kier alpha value is -1.55. The number of benzene rings is 1. The van der Waals surface area contributed by atoms with Crippen LogP contribution in [0.3, 0.4) is 0 Å². The topological polar surface area (TPSA) is 49.6 Å². The van der Waals surface area contributed by atoms with Gasteiger partial charge in [-0.1, -0.05) is 39.0 Å². The van der Waals surface area contributed by atoms with Crippen molar-refractivity contribution in [3.63, 3.8) is 0 Å². The Morgan fingerprint density at radius 2 is 1.76 bits per heavy atom. The predicted octanol–water partition coefficient (Wildman–Crippen LogP) is 2.10. The van der Waals surface area contributed by atoms with Crippen molar-refractivity contribution >= 4 is 11.6 Å². The summed E-state index contributed by atoms with van der Waals surface area (Å²) in [5.41, 5.74) is 7.15. The monoisotopic (exact) mass is 289 g/mol. The van der Waals surface area contributed by atoms with Gasteiger partial charge in [-0.15, -0.1) is 0 Å². The van der Waals surface area contributed by atoms with Crippen molar-refractivity contribution in [3.8, 4) is 0 Å². The van der Waals surface area contributed by atoms with Gasteiger partial charge < -0.3 is 15.5 Å². The fraction of sp³-hybridized carbons (Fsp3) is 0.588. The number of nitrogens with zero attached hydrogens (tertiary/aromatic N) is 2. The Bertz CT molecular complexity index is 467. The van der Waals surface area contributed by atoms with Crippen LogP contribution in [0, 0.1) is 5.41 Å². The Labute approximate surface area is 127 Å². The summed E-state index contributed by atoms with van der Waals surface area (Å²) in [6, 6.07) is 9.95. The molecule has 4 heteroatoms. The van der Waals surface area contributed by atoms with E-state index >= 15 is 0 Å². The maximum absolute atomic E-state index is 12.5. The maximum atomic E-state index is 12.5. The van der Waals surface area contributed by atoms with Crippen LogP contribution in [0.15, 0.2) is 30.3 Å². The van der Waals surface area contributed by atoms with E-state index in [1.807, 2.05) is 31.7 Å². The molecule has 0 unspecified atom stereocenters. The second kappa shape index (κ2) is 6.48. The molecule has 0 radical (unpaired) electrons. The van der Waals surface area contributed by atoms with Crippen LogP contribution >= 0.6 is 0 Å². The lowest BCUT2D eigenvalue weighted by Crippen LogP contribution is -2.51. The first-order valence-corrected chi connectivity index (χ1v) is 7.74. The van der Waals surface area contributed by atoms with E-state index in [-0.39, 0.29) is 11.3 Å². The van der Waals surface area contributed by atoms with Crippen molar-refractivity contribution in [2.75, 3.05) is 31.1 Å². The molecule has 4 nitrogen and oxygen atoms in total. The molecule has 2 N–H and O–H groups in total. The summed E-state index contributed by atoms with van der Waals surface area (Å²) in [6.45, 7) is 9.45. The summed E-state index contributed by atoms with van der Waals surface area (Å²) in [5.74, 6) is 0.0809. The van der Waals surface area contributed by atoms with E-state index in [1.54, 1.807) is 0 Å². The van der Waals surface area contributed by atoms with Crippen molar-refractivity contribution in [2.24, 2.45) is 11.1 Å². The van der Waals surface area contributed by atoms with Crippen LogP contribution in [0.2, 0.25) is 0 Å². The third-order valence-electron chi connectivity index (χ3n) is 4.13. The van der Waals surface area contributed by atoms with Crippen molar-refractivity contribution in [1.82, 2.24) is 4.90 Å². The van der Waals surface area contributed by atoms with Crippen LogP contribution < -0.4 is 10.6 Å². The molecule has 116 valence electrons. The third kappa shape index (κ3) is 3.97. The molecule has 0 bridgehead atoms. The zero-order chi connectivity index (χ0) is 15.5. The summed E-state index contributed by atoms with van der Waals surface area (Å²) in [4.78, 5) is 16.8. The minimum absolute atomic E-state index is 0.0809. The standard InChI is InChI=1S/C17H27N3O/c1-17(2,3)15(18)16(21)20-11-7-10-19(12-13-20)14-8-5-4-6-9-14/h4-6,8-9,15H,7,10-13,18H2,1-3H3/t15-/m1/s1. The lowest BCUT2D eigenvalue weighted by atomic mass is 9.86. The number of carbonyl (C=O) groups is 1. The molecule has 1 aliphatic rings. The van der Waals surface area contributed by atoms with E-state index in [9.17, 15) is 4.79 Å². The third-order valence-corrected chi connectivity index (χ3v) is 4.13. The largest absolute Gasteiger partial charge is 0.370 e. The number of rotatable bonds is 2. The average Bonchev–Trinajstić information content (AvgIpc) is 2.71. The molecule has 1 amide bonds. The minimum Gasteiger partial charge on any atom is -0.370 e. The van der Waals surface area contributed by atoms with Crippen molar-refractivity contribution < 1.29 is 4.79 Å². The fourth-order valence-corrected chi connectivity index (χ4v) is 2.60. The molecule has 1 fully saturated rings. The van der Waals surface area contributed by atoms with Gasteiger partial charge in [-0.25, -0.2) is 0 Å². The zero-order valence-corrected chi connectivity index (χ0v) is 13.4. The average molecular weight is 289 g/mol. The van der Waals surface area contributed by atoms with Gasteiger partial charge in [-0.05, 0) is 24.0 Å². The SMILES string of the molecule is CC(C)(C)[C@H](N)C(=O)N1CCCN(c2ccccc2)CC1. The van der Waals surface area contributed by atoms with Crippen molar-refractivity contribution in [3.05, 3.63) is 30.3 Å². The van der Waals surface area contributed by atoms with Crippen LogP contribution in [0.5, 0.6) is 0 Å². The van der Waals surface area contributed by atoms with Gasteiger partial charge >= 0.3 is 0 Å². The van der Waals surface area contributed by atoms with E-state index in [2.05, 4.69) is 29.2 Å². The van der Waals surface area contributed by atoms with Crippen LogP contribution in [-0.2, 0) is 4.79 Å². The molecule has 0 saturated carbocycles. The highest BCUT2D eigenvalue weighted by Crippen LogP contribution is 2.21. The van der Waals surface area contributed by atoms with Gasteiger partial charge in [0.25, 0.3) is 0 Å². The van der Waals surface area contributed by atoms with Gasteiger partial charge in [0.05, 0.1) is 6.04 Å². The molecule has 1 aromatic rings. The van der Waals surface area contributed by atoms with Crippen LogP contribution in [0.4, 0.5) is 5.69 Å². The predicted molar refractivity (Wildman–Crippen MR) is 87.3 cm³/mol. The van der Waals surface area contributed by atoms with Crippen molar-refractivity contribution in [1.29, 1.82) is 0 Å². The summed E-state index contributed by atoms with van der Waals surface area (Å²) in [6.07, 6.45) is 0.984. The van der Waals surface area contributed by atoms with Gasteiger partial charge in [0, 0.05) is 31.9 Å². The van der Waals surface area contributed by atoms with E-state index in [0.29, 0.717) is 0 Å². The summed E-state index contributed by atoms with van der Waals surface area (Å²) in [7, 11) is 0. The second-order valence-corrected chi connectivity index (χ2v) is 6.85. The molecule has 0 aromatic heterocycles. The number of nitrogens with two attached hydrogens (primary N) is 1. The lowest BCUT2D eigenvalue weighted by Gasteiger charge is -2.31. The Morgan fingerprint density at radius 1 is 1.10 bits per heavy atom. The van der Waals surface area contributed by atoms with Crippen LogP contribution in [0.1, 0.15) is 27.2 Å². The van der Waals surface area contributed by atoms with Gasteiger partial charge in [0.15, 0.2) is 0 Å². The minimum atomic E-state index is -0.430. The summed E-state index contributed by atoms with van der Waals surface area (Å²) < 4.78 is 0. The van der Waals surface area contributed by atoms with E-state index in [0.717, 1.165) is 32.6 Å². The van der Waals surface area contributed by atoms with E-state index < -0.39 is 6.04 Å². The van der Waals surface area contributed by atoms with Gasteiger partial charge in [0.1, 0.15) is 0 Å². The highest BCUT2D eigenvalue weighted by atomic mass is 16.2. The Balaban J connectivity index is 1.99. The zero-order valence-electron chi connectivity index (χ0n) is 13.4. The Morgan fingerprint density at radius 3 is 2.38 bits per heavy atom. The fourth-order valence-electron chi connectivity index (χ4n) is 2.60. The number of hydrogen-bond donors (Lipinski definition) is 1. The molecule has 1 saturated heterocycles. The Kier molecular flexibility index (Phi) is 4.88. The number of anilines is 1. The lowest BCUT2D eigenvalue weighted by molar-refractivity contribution is -0.134. The smallest absolute Gasteiger partial charge is 0.240 e. The second-order valence-electron chi connectivity index (χ2n) is 6.85. The molecule has 1 aliphatic heterocycles. The van der Waals surface area contributed by atoms with Crippen molar-refractivity contribution in [2.45, 2.75) is 33.2 Å². The van der Waals surface area contributed by atoms with Crippen LogP contribution in [0.25, 0.3) is 0 Å². The number of carbonyl (C=O) groups excluding carboxylic acids is 1. The summed E-state index contributed by atoms with van der Waals surface area (Å²) >= 11 is 0. The molecular formula is C17H27N3O. The molecule has 1 atom stereocenters. The number of hydrogen-bond acceptors (Lipinski definition) is 3. The first kappa shape index (κ1) is 15.8. The summed E-state index contributed by atoms with van der Waals surface area (Å²) in [5, 5.41) is 0. The molecule has 1 heterocycles. The molecule has 21 heavy (non-hydrogen) atoms. The number of para-hydroxylation sites is 1. The highest BCUT2D eigenvalue weighted by Gasteiger charge is 2.31. The van der Waals surface area contributed by atoms with Gasteiger partial charge in [-0.2, -0.15) is 0 Å². The first-order valence-electron chi connectivity index (χ1n) is 7.74. The maximum Gasteiger partial charge on any atom is 0.240 e. The number of amides is 1. The quantitative estimate of drug-likeness (QED) is 0.907. The molecule has 1 aromatic carbocycles. The normalized spacial score (nSPS) is 18.3. The van der Waals surface area contributed by atoms with Gasteiger partial charge in [-0.3, -0.25) is 4.79 Å². The molecule has 0 spiro atoms. The van der Waals surface area contributed by atoms with Crippen LogP contribution in [-0.4, -0.2) is 43.0 Å². The first-order chi connectivity index (χ1) is 9.89.